The number of carbonyl (C=O) groups excluding carboxylic acids is 1. The molecule has 1 fully saturated rings. The topological polar surface area (TPSA) is 44.4 Å². The molecule has 1 aliphatic heterocycles. The van der Waals surface area contributed by atoms with Crippen LogP contribution in [0.25, 0.3) is 0 Å². The number of nitrogens with zero attached hydrogens (tertiary/aromatic N) is 1. The van der Waals surface area contributed by atoms with E-state index in [1.165, 1.54) is 0 Å². The first kappa shape index (κ1) is 11.8. The average Bonchev–Trinajstić information content (AvgIpc) is 2.76. The maximum atomic E-state index is 11.5. The van der Waals surface area contributed by atoms with Gasteiger partial charge >= 0.3 is 6.03 Å². The molecular weight excluding hydrogens is 214 g/mol. The molecule has 2 rings (SSSR count). The summed E-state index contributed by atoms with van der Waals surface area (Å²) in [6.45, 7) is 5.78. The number of hydrogen-bond donors (Lipinski definition) is 2. The Morgan fingerprint density at radius 3 is 2.65 bits per heavy atom. The molecular formula is C13H19N3O. The largest absolute Gasteiger partial charge is 0.383 e. The smallest absolute Gasteiger partial charge is 0.321 e. The van der Waals surface area contributed by atoms with Crippen molar-refractivity contribution in [3.63, 3.8) is 0 Å². The third-order valence-corrected chi connectivity index (χ3v) is 3.06. The Morgan fingerprint density at radius 2 is 2.12 bits per heavy atom. The first-order valence-corrected chi connectivity index (χ1v) is 6.12. The summed E-state index contributed by atoms with van der Waals surface area (Å²) >= 11 is 0. The van der Waals surface area contributed by atoms with Crippen molar-refractivity contribution >= 4 is 17.4 Å². The minimum atomic E-state index is -0.00682. The summed E-state index contributed by atoms with van der Waals surface area (Å²) in [5.41, 5.74) is 2.05. The van der Waals surface area contributed by atoms with Crippen LogP contribution >= 0.6 is 0 Å². The molecule has 1 atom stereocenters. The predicted octanol–water partition coefficient (Wildman–Crippen LogP) is 2.43. The molecule has 0 spiro atoms. The highest BCUT2D eigenvalue weighted by atomic mass is 16.2. The molecule has 1 heterocycles. The van der Waals surface area contributed by atoms with Crippen LogP contribution in [0, 0.1) is 0 Å². The van der Waals surface area contributed by atoms with Crippen LogP contribution in [-0.4, -0.2) is 25.2 Å². The van der Waals surface area contributed by atoms with Crippen LogP contribution in [0.5, 0.6) is 0 Å². The SMILES string of the molecule is CCC(C)Nc1ccc(N2CCNC2=O)cc1. The molecule has 17 heavy (non-hydrogen) atoms. The van der Waals surface area contributed by atoms with Gasteiger partial charge in [0.25, 0.3) is 0 Å². The second-order valence-electron chi connectivity index (χ2n) is 4.38. The van der Waals surface area contributed by atoms with Gasteiger partial charge < -0.3 is 10.6 Å². The van der Waals surface area contributed by atoms with E-state index in [1.54, 1.807) is 4.90 Å². The van der Waals surface area contributed by atoms with Crippen molar-refractivity contribution in [3.8, 4) is 0 Å². The zero-order chi connectivity index (χ0) is 12.3. The molecule has 1 unspecified atom stereocenters. The monoisotopic (exact) mass is 233 g/mol. The van der Waals surface area contributed by atoms with Gasteiger partial charge in [0, 0.05) is 30.5 Å². The summed E-state index contributed by atoms with van der Waals surface area (Å²) in [7, 11) is 0. The van der Waals surface area contributed by atoms with Gasteiger partial charge in [-0.05, 0) is 37.6 Å². The van der Waals surface area contributed by atoms with E-state index >= 15 is 0 Å². The average molecular weight is 233 g/mol. The van der Waals surface area contributed by atoms with E-state index in [-0.39, 0.29) is 6.03 Å². The minimum absolute atomic E-state index is 0.00682. The number of rotatable bonds is 4. The summed E-state index contributed by atoms with van der Waals surface area (Å²) in [6.07, 6.45) is 1.09. The Labute approximate surface area is 102 Å². The number of urea groups is 1. The van der Waals surface area contributed by atoms with Gasteiger partial charge in [0.05, 0.1) is 0 Å². The Hall–Kier alpha value is -1.71. The van der Waals surface area contributed by atoms with E-state index in [9.17, 15) is 4.79 Å². The molecule has 1 aromatic carbocycles. The van der Waals surface area contributed by atoms with Crippen molar-refractivity contribution < 1.29 is 4.79 Å². The fourth-order valence-electron chi connectivity index (χ4n) is 1.84. The summed E-state index contributed by atoms with van der Waals surface area (Å²) < 4.78 is 0. The van der Waals surface area contributed by atoms with Crippen LogP contribution in [0.1, 0.15) is 20.3 Å². The summed E-state index contributed by atoms with van der Waals surface area (Å²) in [4.78, 5) is 13.2. The van der Waals surface area contributed by atoms with E-state index < -0.39 is 0 Å². The van der Waals surface area contributed by atoms with Crippen LogP contribution in [0.15, 0.2) is 24.3 Å². The second-order valence-corrected chi connectivity index (χ2v) is 4.38. The van der Waals surface area contributed by atoms with Crippen LogP contribution < -0.4 is 15.5 Å². The van der Waals surface area contributed by atoms with Crippen LogP contribution in [0.2, 0.25) is 0 Å². The number of anilines is 2. The molecule has 1 aliphatic rings. The van der Waals surface area contributed by atoms with Gasteiger partial charge in [-0.1, -0.05) is 6.92 Å². The van der Waals surface area contributed by atoms with Crippen molar-refractivity contribution in [2.75, 3.05) is 23.3 Å². The lowest BCUT2D eigenvalue weighted by Gasteiger charge is -2.16. The third kappa shape index (κ3) is 2.70. The highest BCUT2D eigenvalue weighted by Gasteiger charge is 2.20. The molecule has 0 radical (unpaired) electrons. The van der Waals surface area contributed by atoms with E-state index in [4.69, 9.17) is 0 Å². The van der Waals surface area contributed by atoms with Gasteiger partial charge in [-0.15, -0.1) is 0 Å². The minimum Gasteiger partial charge on any atom is -0.383 e. The quantitative estimate of drug-likeness (QED) is 0.839. The lowest BCUT2D eigenvalue weighted by atomic mass is 10.2. The molecule has 4 heteroatoms. The lowest BCUT2D eigenvalue weighted by Crippen LogP contribution is -2.27. The fraction of sp³-hybridized carbons (Fsp3) is 0.462. The Bertz CT molecular complexity index is 388. The number of amides is 2. The van der Waals surface area contributed by atoms with Crippen molar-refractivity contribution in [3.05, 3.63) is 24.3 Å². The molecule has 2 N–H and O–H groups in total. The lowest BCUT2D eigenvalue weighted by molar-refractivity contribution is 0.252. The van der Waals surface area contributed by atoms with Gasteiger partial charge in [-0.25, -0.2) is 4.79 Å². The van der Waals surface area contributed by atoms with Gasteiger partial charge in [-0.3, -0.25) is 4.90 Å². The molecule has 0 aromatic heterocycles. The second kappa shape index (κ2) is 5.08. The highest BCUT2D eigenvalue weighted by Crippen LogP contribution is 2.20. The number of benzene rings is 1. The van der Waals surface area contributed by atoms with Crippen LogP contribution in [-0.2, 0) is 0 Å². The molecule has 0 saturated carbocycles. The number of nitrogens with one attached hydrogen (secondary N) is 2. The first-order chi connectivity index (χ1) is 8.20. The molecule has 92 valence electrons. The predicted molar refractivity (Wildman–Crippen MR) is 70.6 cm³/mol. The molecule has 1 saturated heterocycles. The normalized spacial score (nSPS) is 16.8. The molecule has 4 nitrogen and oxygen atoms in total. The van der Waals surface area contributed by atoms with Crippen LogP contribution in [0.3, 0.4) is 0 Å². The van der Waals surface area contributed by atoms with E-state index in [0.717, 1.165) is 30.9 Å². The fourth-order valence-corrected chi connectivity index (χ4v) is 1.84. The number of carbonyl (C=O) groups is 1. The molecule has 0 aliphatic carbocycles. The molecule has 0 bridgehead atoms. The third-order valence-electron chi connectivity index (χ3n) is 3.06. The van der Waals surface area contributed by atoms with Crippen molar-refractivity contribution in [1.29, 1.82) is 0 Å². The Kier molecular flexibility index (Phi) is 3.52. The summed E-state index contributed by atoms with van der Waals surface area (Å²) in [5.74, 6) is 0. The summed E-state index contributed by atoms with van der Waals surface area (Å²) in [5, 5.41) is 6.20. The first-order valence-electron chi connectivity index (χ1n) is 6.12. The Morgan fingerprint density at radius 1 is 1.41 bits per heavy atom. The zero-order valence-corrected chi connectivity index (χ0v) is 10.4. The zero-order valence-electron chi connectivity index (χ0n) is 10.4. The van der Waals surface area contributed by atoms with Gasteiger partial charge in [0.1, 0.15) is 0 Å². The maximum Gasteiger partial charge on any atom is 0.321 e. The molecule has 1 aromatic rings. The van der Waals surface area contributed by atoms with Gasteiger partial charge in [0.15, 0.2) is 0 Å². The van der Waals surface area contributed by atoms with Gasteiger partial charge in [-0.2, -0.15) is 0 Å². The van der Waals surface area contributed by atoms with E-state index in [0.29, 0.717) is 6.04 Å². The number of hydrogen-bond acceptors (Lipinski definition) is 2. The standard InChI is InChI=1S/C13H19N3O/c1-3-10(2)15-11-4-6-12(7-5-11)16-9-8-14-13(16)17/h4-7,10,15H,3,8-9H2,1-2H3,(H,14,17). The summed E-state index contributed by atoms with van der Waals surface area (Å²) in [6, 6.07) is 8.47. The van der Waals surface area contributed by atoms with Crippen LogP contribution in [0.4, 0.5) is 16.2 Å². The van der Waals surface area contributed by atoms with E-state index in [2.05, 4.69) is 24.5 Å². The Balaban J connectivity index is 2.05. The highest BCUT2D eigenvalue weighted by molar-refractivity contribution is 5.94. The van der Waals surface area contributed by atoms with Crippen molar-refractivity contribution in [2.45, 2.75) is 26.3 Å². The van der Waals surface area contributed by atoms with Crippen molar-refractivity contribution in [2.24, 2.45) is 0 Å². The molecule has 2 amide bonds. The maximum absolute atomic E-state index is 11.5. The van der Waals surface area contributed by atoms with Gasteiger partial charge in [0.2, 0.25) is 0 Å². The van der Waals surface area contributed by atoms with Crippen molar-refractivity contribution in [1.82, 2.24) is 5.32 Å². The van der Waals surface area contributed by atoms with E-state index in [1.807, 2.05) is 24.3 Å².